The van der Waals surface area contributed by atoms with Gasteiger partial charge in [0, 0.05) is 6.54 Å². The first-order valence-corrected chi connectivity index (χ1v) is 9.65. The first-order valence-electron chi connectivity index (χ1n) is 9.65. The van der Waals surface area contributed by atoms with Crippen molar-refractivity contribution in [3.63, 3.8) is 0 Å². The number of nitrogens with one attached hydrogen (secondary N) is 1. The molecule has 0 unspecified atom stereocenters. The average molecular weight is 381 g/mol. The Morgan fingerprint density at radius 1 is 1.04 bits per heavy atom. The molecule has 0 amide bonds. The molecule has 0 bridgehead atoms. The summed E-state index contributed by atoms with van der Waals surface area (Å²) in [5.41, 5.74) is 2.09. The van der Waals surface area contributed by atoms with Crippen LogP contribution in [0, 0.1) is 0 Å². The highest BCUT2D eigenvalue weighted by molar-refractivity contribution is 6.62. The van der Waals surface area contributed by atoms with Crippen LogP contribution >= 0.6 is 0 Å². The van der Waals surface area contributed by atoms with Crippen molar-refractivity contribution in [3.8, 4) is 0 Å². The summed E-state index contributed by atoms with van der Waals surface area (Å²) in [5.74, 6) is -0.878. The predicted molar refractivity (Wildman–Crippen MR) is 111 cm³/mol. The van der Waals surface area contributed by atoms with Crippen LogP contribution in [0.4, 0.5) is 0 Å². The first-order chi connectivity index (χ1) is 13.2. The zero-order chi connectivity index (χ0) is 20.4. The minimum Gasteiger partial charge on any atom is -0.480 e. The van der Waals surface area contributed by atoms with E-state index in [4.69, 9.17) is 9.31 Å². The van der Waals surface area contributed by atoms with Gasteiger partial charge in [-0.15, -0.1) is 0 Å². The Morgan fingerprint density at radius 2 is 1.68 bits per heavy atom. The second-order valence-electron chi connectivity index (χ2n) is 8.22. The molecule has 0 saturated carbocycles. The molecule has 1 atom stereocenters. The highest BCUT2D eigenvalue weighted by atomic mass is 16.7. The fraction of sp³-hybridized carbons (Fsp3) is 0.409. The quantitative estimate of drug-likeness (QED) is 0.722. The average Bonchev–Trinajstić information content (AvgIpc) is 2.87. The van der Waals surface area contributed by atoms with Crippen molar-refractivity contribution in [3.05, 3.63) is 65.7 Å². The minimum atomic E-state index is -0.878. The first kappa shape index (κ1) is 20.6. The van der Waals surface area contributed by atoms with Crippen LogP contribution in [0.2, 0.25) is 0 Å². The third kappa shape index (κ3) is 4.46. The highest BCUT2D eigenvalue weighted by Crippen LogP contribution is 2.36. The summed E-state index contributed by atoms with van der Waals surface area (Å²) in [7, 11) is -0.394. The summed E-state index contributed by atoms with van der Waals surface area (Å²) in [6.45, 7) is 8.71. The van der Waals surface area contributed by atoms with E-state index in [0.717, 1.165) is 16.6 Å². The number of hydrogen-bond acceptors (Lipinski definition) is 4. The molecule has 1 aliphatic rings. The van der Waals surface area contributed by atoms with Gasteiger partial charge in [-0.3, -0.25) is 4.79 Å². The van der Waals surface area contributed by atoms with E-state index in [1.165, 1.54) is 0 Å². The molecule has 3 rings (SSSR count). The summed E-state index contributed by atoms with van der Waals surface area (Å²) in [5, 5.41) is 12.7. The second-order valence-corrected chi connectivity index (χ2v) is 8.22. The van der Waals surface area contributed by atoms with Gasteiger partial charge >= 0.3 is 13.1 Å². The second kappa shape index (κ2) is 8.07. The summed E-state index contributed by atoms with van der Waals surface area (Å²) in [6, 6.07) is 16.6. The van der Waals surface area contributed by atoms with Gasteiger partial charge in [0.1, 0.15) is 6.04 Å². The minimum absolute atomic E-state index is 0.375. The van der Waals surface area contributed by atoms with Gasteiger partial charge in [0.25, 0.3) is 0 Å². The molecule has 0 radical (unpaired) electrons. The fourth-order valence-electron chi connectivity index (χ4n) is 3.23. The molecule has 0 aromatic heterocycles. The number of benzene rings is 2. The van der Waals surface area contributed by atoms with Crippen molar-refractivity contribution < 1.29 is 19.2 Å². The maximum atomic E-state index is 11.6. The zero-order valence-electron chi connectivity index (χ0n) is 16.9. The van der Waals surface area contributed by atoms with Gasteiger partial charge in [0.15, 0.2) is 0 Å². The van der Waals surface area contributed by atoms with Crippen LogP contribution in [0.5, 0.6) is 0 Å². The molecule has 0 aliphatic carbocycles. The number of rotatable bonds is 7. The molecule has 148 valence electrons. The molecule has 6 heteroatoms. The zero-order valence-corrected chi connectivity index (χ0v) is 16.9. The summed E-state index contributed by atoms with van der Waals surface area (Å²) in [4.78, 5) is 11.6. The molecule has 2 aromatic carbocycles. The van der Waals surface area contributed by atoms with E-state index in [9.17, 15) is 9.90 Å². The molecule has 1 aliphatic heterocycles. The van der Waals surface area contributed by atoms with Gasteiger partial charge < -0.3 is 19.7 Å². The Morgan fingerprint density at radius 3 is 2.29 bits per heavy atom. The maximum Gasteiger partial charge on any atom is 0.494 e. The number of carboxylic acid groups (broad SMARTS) is 1. The van der Waals surface area contributed by atoms with Gasteiger partial charge in [-0.25, -0.2) is 0 Å². The lowest BCUT2D eigenvalue weighted by molar-refractivity contribution is -0.139. The van der Waals surface area contributed by atoms with Crippen LogP contribution in [0.1, 0.15) is 44.9 Å². The molecule has 0 spiro atoms. The van der Waals surface area contributed by atoms with Gasteiger partial charge in [-0.05, 0) is 50.7 Å². The maximum absolute atomic E-state index is 11.6. The van der Waals surface area contributed by atoms with Gasteiger partial charge in [0.05, 0.1) is 11.2 Å². The highest BCUT2D eigenvalue weighted by Gasteiger charge is 2.51. The van der Waals surface area contributed by atoms with Gasteiger partial charge in [0.2, 0.25) is 0 Å². The lowest BCUT2D eigenvalue weighted by atomic mass is 9.78. The van der Waals surface area contributed by atoms with E-state index in [0.29, 0.717) is 13.0 Å². The topological polar surface area (TPSA) is 67.8 Å². The monoisotopic (exact) mass is 381 g/mol. The van der Waals surface area contributed by atoms with Crippen LogP contribution < -0.4 is 10.8 Å². The van der Waals surface area contributed by atoms with Gasteiger partial charge in [-0.1, -0.05) is 54.6 Å². The van der Waals surface area contributed by atoms with E-state index in [2.05, 4.69) is 11.4 Å². The van der Waals surface area contributed by atoms with Crippen LogP contribution in [0.3, 0.4) is 0 Å². The SMILES string of the molecule is CC1(C)OB(c2cccc(CCN[C@H](C(=O)O)c3ccccc3)c2)OC1(C)C. The molecular weight excluding hydrogens is 353 g/mol. The third-order valence-electron chi connectivity index (χ3n) is 5.62. The summed E-state index contributed by atoms with van der Waals surface area (Å²) < 4.78 is 12.2. The number of carbonyl (C=O) groups is 1. The molecule has 28 heavy (non-hydrogen) atoms. The standard InChI is InChI=1S/C22H28BNO4/c1-21(2)22(3,4)28-23(27-21)18-12-8-9-16(15-18)13-14-24-19(20(25)26)17-10-6-5-7-11-17/h5-12,15,19,24H,13-14H2,1-4H3,(H,25,26)/t19-/m0/s1. The van der Waals surface area contributed by atoms with E-state index in [1.54, 1.807) is 0 Å². The fourth-order valence-corrected chi connectivity index (χ4v) is 3.23. The van der Waals surface area contributed by atoms with Crippen LogP contribution in [-0.4, -0.2) is 35.9 Å². The van der Waals surface area contributed by atoms with Crippen molar-refractivity contribution in [2.75, 3.05) is 6.54 Å². The van der Waals surface area contributed by atoms with Crippen molar-refractivity contribution in [2.45, 2.75) is 51.4 Å². The van der Waals surface area contributed by atoms with Gasteiger partial charge in [-0.2, -0.15) is 0 Å². The van der Waals surface area contributed by atoms with Crippen LogP contribution in [0.15, 0.2) is 54.6 Å². The lowest BCUT2D eigenvalue weighted by Gasteiger charge is -2.32. The van der Waals surface area contributed by atoms with Crippen molar-refractivity contribution in [1.29, 1.82) is 0 Å². The molecule has 1 saturated heterocycles. The lowest BCUT2D eigenvalue weighted by Crippen LogP contribution is -2.41. The number of carboxylic acids is 1. The van der Waals surface area contributed by atoms with Crippen molar-refractivity contribution in [2.24, 2.45) is 0 Å². The molecule has 1 heterocycles. The van der Waals surface area contributed by atoms with E-state index < -0.39 is 19.1 Å². The molecule has 2 aromatic rings. The largest absolute Gasteiger partial charge is 0.494 e. The Balaban J connectivity index is 1.63. The molecular formula is C22H28BNO4. The third-order valence-corrected chi connectivity index (χ3v) is 5.62. The van der Waals surface area contributed by atoms with E-state index >= 15 is 0 Å². The Hall–Kier alpha value is -2.15. The predicted octanol–water partition coefficient (Wildman–Crippen LogP) is 2.94. The Labute approximate surface area is 167 Å². The number of aliphatic carboxylic acids is 1. The van der Waals surface area contributed by atoms with E-state index in [1.807, 2.05) is 76.2 Å². The van der Waals surface area contributed by atoms with Crippen LogP contribution in [0.25, 0.3) is 0 Å². The summed E-state index contributed by atoms with van der Waals surface area (Å²) in [6.07, 6.45) is 0.712. The Bertz CT molecular complexity index is 806. The molecule has 2 N–H and O–H groups in total. The Kier molecular flexibility index (Phi) is 5.94. The van der Waals surface area contributed by atoms with Crippen molar-refractivity contribution in [1.82, 2.24) is 5.32 Å². The van der Waals surface area contributed by atoms with E-state index in [-0.39, 0.29) is 11.2 Å². The van der Waals surface area contributed by atoms with Crippen molar-refractivity contribution >= 4 is 18.6 Å². The smallest absolute Gasteiger partial charge is 0.480 e. The van der Waals surface area contributed by atoms with Crippen LogP contribution in [-0.2, 0) is 20.5 Å². The normalized spacial score (nSPS) is 18.8. The molecule has 1 fully saturated rings. The molecule has 5 nitrogen and oxygen atoms in total. The summed E-state index contributed by atoms with van der Waals surface area (Å²) >= 11 is 0. The number of hydrogen-bond donors (Lipinski definition) is 2.